The zero-order chi connectivity index (χ0) is 13.8. The van der Waals surface area contributed by atoms with Crippen LogP contribution in [0.15, 0.2) is 42.7 Å². The second-order valence-corrected chi connectivity index (χ2v) is 3.92. The van der Waals surface area contributed by atoms with E-state index in [-0.39, 0.29) is 62.6 Å². The fraction of sp³-hybridized carbons (Fsp3) is 0.0769. The molecule has 20 heavy (non-hydrogen) atoms. The number of pyridine rings is 1. The van der Waals surface area contributed by atoms with Gasteiger partial charge in [0.15, 0.2) is 0 Å². The van der Waals surface area contributed by atoms with E-state index in [1.165, 1.54) is 12.1 Å². The Balaban J connectivity index is 0.00000200. The molecule has 6 nitrogen and oxygen atoms in total. The molecule has 0 unspecified atom stereocenters. The zero-order valence-corrected chi connectivity index (χ0v) is 13.9. The van der Waals surface area contributed by atoms with Crippen LogP contribution in [-0.4, -0.2) is 15.9 Å². The van der Waals surface area contributed by atoms with E-state index in [2.05, 4.69) is 4.98 Å². The molecule has 0 radical (unpaired) electrons. The van der Waals surface area contributed by atoms with Gasteiger partial charge in [-0.3, -0.25) is 15.1 Å². The van der Waals surface area contributed by atoms with Crippen LogP contribution >= 0.6 is 0 Å². The third kappa shape index (κ3) is 4.19. The molecule has 1 aromatic carbocycles. The number of benzene rings is 1. The minimum atomic E-state index is -1.42. The average Bonchev–Trinajstić information content (AvgIpc) is 2.39. The van der Waals surface area contributed by atoms with Crippen LogP contribution in [0.2, 0.25) is 0 Å². The zero-order valence-electron chi connectivity index (χ0n) is 10.8. The number of carbonyl (C=O) groups excluding carboxylic acids is 1. The molecule has 0 amide bonds. The molecule has 0 fully saturated rings. The van der Waals surface area contributed by atoms with Crippen molar-refractivity contribution in [1.29, 1.82) is 0 Å². The van der Waals surface area contributed by atoms with Gasteiger partial charge in [0.1, 0.15) is 0 Å². The molecule has 0 aliphatic rings. The minimum Gasteiger partial charge on any atom is -0.545 e. The topological polar surface area (TPSA) is 96.2 Å². The van der Waals surface area contributed by atoms with E-state index in [9.17, 15) is 20.0 Å². The normalized spacial score (nSPS) is 9.60. The Bertz CT molecular complexity index is 632. The molecule has 0 bridgehead atoms. The van der Waals surface area contributed by atoms with Crippen LogP contribution in [0.4, 0.5) is 5.69 Å². The van der Waals surface area contributed by atoms with Gasteiger partial charge in [0.2, 0.25) is 0 Å². The summed E-state index contributed by atoms with van der Waals surface area (Å²) in [6.07, 6.45) is 3.54. The molecule has 0 saturated heterocycles. The Labute approximate surface area is 157 Å². The van der Waals surface area contributed by atoms with Crippen LogP contribution in [0, 0.1) is 10.1 Å². The number of nitro groups is 1. The number of carbonyl (C=O) groups is 1. The van der Waals surface area contributed by atoms with Crippen LogP contribution in [0.25, 0.3) is 0 Å². The van der Waals surface area contributed by atoms with E-state index in [0.717, 1.165) is 11.6 Å². The number of rotatable bonds is 4. The smallest absolute Gasteiger partial charge is 0.545 e. The first kappa shape index (κ1) is 16.9. The summed E-state index contributed by atoms with van der Waals surface area (Å²) in [7, 11) is 0. The van der Waals surface area contributed by atoms with Gasteiger partial charge < -0.3 is 9.90 Å². The summed E-state index contributed by atoms with van der Waals surface area (Å²) >= 11 is 0. The van der Waals surface area contributed by atoms with E-state index >= 15 is 0 Å². The molecule has 0 aliphatic heterocycles. The Morgan fingerprint density at radius 1 is 1.20 bits per heavy atom. The summed E-state index contributed by atoms with van der Waals surface area (Å²) in [6, 6.07) is 7.24. The monoisotopic (exact) mass is 296 g/mol. The van der Waals surface area contributed by atoms with Gasteiger partial charge in [0, 0.05) is 30.1 Å². The number of carboxylic acid groups (broad SMARTS) is 1. The van der Waals surface area contributed by atoms with Gasteiger partial charge in [-0.15, -0.1) is 0 Å². The Morgan fingerprint density at radius 2 is 1.85 bits per heavy atom. The summed E-state index contributed by atoms with van der Waals surface area (Å²) in [5.74, 6) is -1.42. The summed E-state index contributed by atoms with van der Waals surface area (Å²) in [6.45, 7) is 0. The minimum absolute atomic E-state index is 0. The van der Waals surface area contributed by atoms with Crippen LogP contribution in [0.1, 0.15) is 21.5 Å². The molecule has 0 N–H and O–H groups in total. The number of aromatic carboxylic acids is 1. The number of nitrogens with zero attached hydrogens (tertiary/aromatic N) is 2. The van der Waals surface area contributed by atoms with Crippen molar-refractivity contribution in [3.8, 4) is 0 Å². The number of non-ortho nitro benzene ring substituents is 1. The van der Waals surface area contributed by atoms with Crippen molar-refractivity contribution in [3.05, 3.63) is 69.5 Å². The first-order valence-corrected chi connectivity index (χ1v) is 5.45. The first-order chi connectivity index (χ1) is 9.08. The summed E-state index contributed by atoms with van der Waals surface area (Å²) in [5, 5.41) is 21.7. The number of aromatic nitrogens is 1. The molecule has 0 aliphatic carbocycles. The maximum atomic E-state index is 11.0. The van der Waals surface area contributed by atoms with Crippen molar-refractivity contribution < 1.29 is 66.2 Å². The van der Waals surface area contributed by atoms with E-state index in [1.54, 1.807) is 24.5 Å². The third-order valence-electron chi connectivity index (χ3n) is 2.67. The van der Waals surface area contributed by atoms with E-state index in [0.29, 0.717) is 12.0 Å². The van der Waals surface area contributed by atoms with Crippen molar-refractivity contribution in [2.24, 2.45) is 0 Å². The van der Waals surface area contributed by atoms with Crippen molar-refractivity contribution in [2.45, 2.75) is 6.42 Å². The molecular formula is C13H9KN2O4. The Kier molecular flexibility index (Phi) is 6.44. The second-order valence-electron chi connectivity index (χ2n) is 3.92. The van der Waals surface area contributed by atoms with Gasteiger partial charge in [0.25, 0.3) is 5.69 Å². The van der Waals surface area contributed by atoms with Crippen LogP contribution in [-0.2, 0) is 6.42 Å². The number of hydrogen-bond donors (Lipinski definition) is 0. The molecule has 2 aromatic rings. The fourth-order valence-corrected chi connectivity index (χ4v) is 1.74. The summed E-state index contributed by atoms with van der Waals surface area (Å²) in [5.41, 5.74) is 0.909. The fourth-order valence-electron chi connectivity index (χ4n) is 1.74. The molecule has 0 spiro atoms. The van der Waals surface area contributed by atoms with E-state index < -0.39 is 10.9 Å². The molecule has 1 aromatic heterocycles. The van der Waals surface area contributed by atoms with Gasteiger partial charge in [-0.1, -0.05) is 6.07 Å². The molecule has 0 atom stereocenters. The molecule has 0 saturated carbocycles. The predicted molar refractivity (Wildman–Crippen MR) is 64.5 cm³/mol. The van der Waals surface area contributed by atoms with Crippen LogP contribution in [0.3, 0.4) is 0 Å². The van der Waals surface area contributed by atoms with Gasteiger partial charge in [-0.25, -0.2) is 0 Å². The molecule has 7 heteroatoms. The largest absolute Gasteiger partial charge is 1.00 e. The molecule has 2 rings (SSSR count). The maximum Gasteiger partial charge on any atom is 1.00 e. The van der Waals surface area contributed by atoms with Crippen LogP contribution in [0.5, 0.6) is 0 Å². The van der Waals surface area contributed by atoms with Gasteiger partial charge >= 0.3 is 51.4 Å². The van der Waals surface area contributed by atoms with Crippen molar-refractivity contribution in [2.75, 3.05) is 0 Å². The number of nitro benzene ring substituents is 1. The van der Waals surface area contributed by atoms with Gasteiger partial charge in [-0.2, -0.15) is 0 Å². The van der Waals surface area contributed by atoms with E-state index in [4.69, 9.17) is 0 Å². The molecular weight excluding hydrogens is 287 g/mol. The predicted octanol–water partition coefficient (Wildman–Crippen LogP) is -2.05. The molecule has 96 valence electrons. The second kappa shape index (κ2) is 7.60. The average molecular weight is 296 g/mol. The quantitative estimate of drug-likeness (QED) is 0.367. The van der Waals surface area contributed by atoms with Crippen molar-refractivity contribution >= 4 is 11.7 Å². The van der Waals surface area contributed by atoms with Crippen molar-refractivity contribution in [1.82, 2.24) is 4.98 Å². The number of hydrogen-bond acceptors (Lipinski definition) is 5. The molecule has 1 heterocycles. The Hall–Kier alpha value is -1.12. The van der Waals surface area contributed by atoms with Crippen LogP contribution < -0.4 is 56.5 Å². The van der Waals surface area contributed by atoms with Gasteiger partial charge in [-0.05, 0) is 29.7 Å². The standard InChI is InChI=1S/C13H10N2O4.K/c16-13(17)12-8-11(15(18)19)2-1-10(12)7-9-3-5-14-6-4-9;/h1-6,8H,7H2,(H,16,17);/q;+1/p-1. The Morgan fingerprint density at radius 3 is 2.40 bits per heavy atom. The summed E-state index contributed by atoms with van der Waals surface area (Å²) < 4.78 is 0. The first-order valence-electron chi connectivity index (χ1n) is 5.45. The van der Waals surface area contributed by atoms with Gasteiger partial charge in [0.05, 0.1) is 10.9 Å². The maximum absolute atomic E-state index is 11.0. The third-order valence-corrected chi connectivity index (χ3v) is 2.67. The van der Waals surface area contributed by atoms with E-state index in [1.807, 2.05) is 0 Å². The summed E-state index contributed by atoms with van der Waals surface area (Å²) in [4.78, 5) is 24.9. The SMILES string of the molecule is O=C([O-])c1cc([N+](=O)[O-])ccc1Cc1ccncc1.[K+]. The number of carboxylic acids is 1. The van der Waals surface area contributed by atoms with Crippen molar-refractivity contribution in [3.63, 3.8) is 0 Å².